The monoisotopic (exact) mass is 456 g/mol. The predicted molar refractivity (Wildman–Crippen MR) is 124 cm³/mol. The second-order valence-electron chi connectivity index (χ2n) is 11.0. The van der Waals surface area contributed by atoms with Crippen molar-refractivity contribution in [3.05, 3.63) is 0 Å². The maximum Gasteiger partial charge on any atom is 0.0640 e. The van der Waals surface area contributed by atoms with Crippen molar-refractivity contribution in [3.63, 3.8) is 0 Å². The standard InChI is InChI=1S/C26H48O6/c1-29-14-18-10-22(11-19(15-30-2)24(18)27)26(8-6-5-7-9-26)23-12-20(16-31-3)25(28)21(13-23)17-32-4/h18-25,27-28H,5-17H2,1-4H3. The Hall–Kier alpha value is -0.240. The lowest BCUT2D eigenvalue weighted by atomic mass is 9.50. The normalized spacial score (nSPS) is 40.3. The third-order valence-electron chi connectivity index (χ3n) is 9.21. The molecule has 6 heteroatoms. The van der Waals surface area contributed by atoms with Crippen LogP contribution in [-0.4, -0.2) is 77.3 Å². The molecule has 3 saturated carbocycles. The van der Waals surface area contributed by atoms with E-state index in [1.54, 1.807) is 28.4 Å². The van der Waals surface area contributed by atoms with Crippen LogP contribution in [0, 0.1) is 40.9 Å². The molecule has 0 spiro atoms. The zero-order chi connectivity index (χ0) is 23.1. The van der Waals surface area contributed by atoms with Gasteiger partial charge in [0.1, 0.15) is 0 Å². The summed E-state index contributed by atoms with van der Waals surface area (Å²) in [6, 6.07) is 0. The zero-order valence-electron chi connectivity index (χ0n) is 20.8. The first-order valence-corrected chi connectivity index (χ1v) is 12.8. The van der Waals surface area contributed by atoms with Gasteiger partial charge in [-0.05, 0) is 55.8 Å². The SMILES string of the molecule is COCC1CC(C2(C3CC(COC)C(O)C(COC)C3)CCCCC2)CC(COC)C1O. The van der Waals surface area contributed by atoms with Crippen molar-refractivity contribution in [3.8, 4) is 0 Å². The Morgan fingerprint density at radius 2 is 0.875 bits per heavy atom. The van der Waals surface area contributed by atoms with Gasteiger partial charge in [0.05, 0.1) is 38.6 Å². The van der Waals surface area contributed by atoms with E-state index in [9.17, 15) is 10.2 Å². The first-order chi connectivity index (χ1) is 15.5. The van der Waals surface area contributed by atoms with Gasteiger partial charge in [-0.15, -0.1) is 0 Å². The van der Waals surface area contributed by atoms with E-state index in [-0.39, 0.29) is 41.3 Å². The van der Waals surface area contributed by atoms with Gasteiger partial charge in [0.25, 0.3) is 0 Å². The molecule has 6 nitrogen and oxygen atoms in total. The van der Waals surface area contributed by atoms with Gasteiger partial charge in [-0.3, -0.25) is 0 Å². The van der Waals surface area contributed by atoms with Crippen molar-refractivity contribution < 1.29 is 29.2 Å². The highest BCUT2D eigenvalue weighted by Crippen LogP contribution is 2.59. The fraction of sp³-hybridized carbons (Fsp3) is 1.00. The van der Waals surface area contributed by atoms with E-state index in [0.717, 1.165) is 25.7 Å². The summed E-state index contributed by atoms with van der Waals surface area (Å²) in [5, 5.41) is 22.1. The Morgan fingerprint density at radius 3 is 1.16 bits per heavy atom. The Kier molecular flexibility index (Phi) is 10.3. The van der Waals surface area contributed by atoms with Crippen molar-refractivity contribution in [1.82, 2.24) is 0 Å². The molecule has 0 bridgehead atoms. The van der Waals surface area contributed by atoms with Crippen LogP contribution in [0.5, 0.6) is 0 Å². The smallest absolute Gasteiger partial charge is 0.0640 e. The number of aliphatic hydroxyl groups is 2. The van der Waals surface area contributed by atoms with Gasteiger partial charge in [0.15, 0.2) is 0 Å². The fourth-order valence-corrected chi connectivity index (χ4v) is 7.80. The molecular formula is C26H48O6. The van der Waals surface area contributed by atoms with Crippen LogP contribution in [0.4, 0.5) is 0 Å². The molecule has 0 saturated heterocycles. The topological polar surface area (TPSA) is 77.4 Å². The van der Waals surface area contributed by atoms with E-state index in [1.807, 2.05) is 0 Å². The van der Waals surface area contributed by atoms with Crippen LogP contribution in [0.1, 0.15) is 57.8 Å². The number of methoxy groups -OCH3 is 4. The summed E-state index contributed by atoms with van der Waals surface area (Å²) >= 11 is 0. The number of hydrogen-bond acceptors (Lipinski definition) is 6. The second kappa shape index (κ2) is 12.5. The van der Waals surface area contributed by atoms with E-state index in [2.05, 4.69) is 0 Å². The minimum Gasteiger partial charge on any atom is -0.392 e. The third-order valence-corrected chi connectivity index (χ3v) is 9.21. The molecule has 3 aliphatic carbocycles. The lowest BCUT2D eigenvalue weighted by Crippen LogP contribution is -2.52. The fourth-order valence-electron chi connectivity index (χ4n) is 7.80. The van der Waals surface area contributed by atoms with Crippen molar-refractivity contribution >= 4 is 0 Å². The van der Waals surface area contributed by atoms with Crippen LogP contribution in [-0.2, 0) is 18.9 Å². The molecule has 3 aliphatic rings. The molecule has 0 aromatic rings. The minimum absolute atomic E-state index is 0.163. The largest absolute Gasteiger partial charge is 0.392 e. The van der Waals surface area contributed by atoms with E-state index < -0.39 is 0 Å². The van der Waals surface area contributed by atoms with Gasteiger partial charge in [0.2, 0.25) is 0 Å². The van der Waals surface area contributed by atoms with Gasteiger partial charge >= 0.3 is 0 Å². The second-order valence-corrected chi connectivity index (χ2v) is 11.0. The molecule has 0 aromatic carbocycles. The highest BCUT2D eigenvalue weighted by molar-refractivity contribution is 5.02. The summed E-state index contributed by atoms with van der Waals surface area (Å²) in [6.07, 6.45) is 9.79. The molecule has 3 fully saturated rings. The summed E-state index contributed by atoms with van der Waals surface area (Å²) in [5.41, 5.74) is 0.258. The molecular weight excluding hydrogens is 408 g/mol. The molecule has 4 unspecified atom stereocenters. The van der Waals surface area contributed by atoms with Crippen LogP contribution in [0.2, 0.25) is 0 Å². The molecule has 4 atom stereocenters. The Balaban J connectivity index is 1.90. The van der Waals surface area contributed by atoms with E-state index >= 15 is 0 Å². The van der Waals surface area contributed by atoms with Gasteiger partial charge in [-0.25, -0.2) is 0 Å². The Bertz CT molecular complexity index is 464. The average Bonchev–Trinajstić information content (AvgIpc) is 2.80. The molecule has 0 aliphatic heterocycles. The van der Waals surface area contributed by atoms with E-state index in [1.165, 1.54) is 32.1 Å². The zero-order valence-corrected chi connectivity index (χ0v) is 20.8. The molecule has 0 amide bonds. The van der Waals surface area contributed by atoms with Crippen LogP contribution >= 0.6 is 0 Å². The third kappa shape index (κ3) is 5.69. The number of ether oxygens (including phenoxy) is 4. The van der Waals surface area contributed by atoms with Crippen LogP contribution in [0.3, 0.4) is 0 Å². The molecule has 0 aromatic heterocycles. The summed E-state index contributed by atoms with van der Waals surface area (Å²) in [5.74, 6) is 1.76. The van der Waals surface area contributed by atoms with E-state index in [4.69, 9.17) is 18.9 Å². The van der Waals surface area contributed by atoms with E-state index in [0.29, 0.717) is 38.3 Å². The molecule has 0 heterocycles. The average molecular weight is 457 g/mol. The van der Waals surface area contributed by atoms with Crippen molar-refractivity contribution in [2.75, 3.05) is 54.9 Å². The van der Waals surface area contributed by atoms with Crippen LogP contribution in [0.15, 0.2) is 0 Å². The molecule has 32 heavy (non-hydrogen) atoms. The molecule has 0 radical (unpaired) electrons. The Morgan fingerprint density at radius 1 is 0.562 bits per heavy atom. The minimum atomic E-state index is -0.359. The predicted octanol–water partition coefficient (Wildman–Crippen LogP) is 3.53. The summed E-state index contributed by atoms with van der Waals surface area (Å²) in [6.45, 7) is 2.43. The molecule has 3 rings (SSSR count). The molecule has 188 valence electrons. The summed E-state index contributed by atoms with van der Waals surface area (Å²) in [4.78, 5) is 0. The van der Waals surface area contributed by atoms with Gasteiger partial charge in [-0.2, -0.15) is 0 Å². The highest BCUT2D eigenvalue weighted by Gasteiger charge is 2.53. The van der Waals surface area contributed by atoms with Crippen molar-refractivity contribution in [2.24, 2.45) is 40.9 Å². The van der Waals surface area contributed by atoms with Gasteiger partial charge in [0, 0.05) is 52.1 Å². The van der Waals surface area contributed by atoms with Crippen molar-refractivity contribution in [1.29, 1.82) is 0 Å². The van der Waals surface area contributed by atoms with Crippen LogP contribution < -0.4 is 0 Å². The molecule has 2 N–H and O–H groups in total. The van der Waals surface area contributed by atoms with Crippen LogP contribution in [0.25, 0.3) is 0 Å². The maximum absolute atomic E-state index is 11.0. The van der Waals surface area contributed by atoms with Crippen molar-refractivity contribution in [2.45, 2.75) is 70.0 Å². The Labute approximate surface area is 195 Å². The lowest BCUT2D eigenvalue weighted by Gasteiger charge is -2.56. The quantitative estimate of drug-likeness (QED) is 0.524. The summed E-state index contributed by atoms with van der Waals surface area (Å²) in [7, 11) is 6.97. The number of hydrogen-bond donors (Lipinski definition) is 2. The van der Waals surface area contributed by atoms with Gasteiger partial charge < -0.3 is 29.2 Å². The maximum atomic E-state index is 11.0. The lowest BCUT2D eigenvalue weighted by molar-refractivity contribution is -0.130. The first-order valence-electron chi connectivity index (χ1n) is 12.8. The number of rotatable bonds is 10. The first kappa shape index (κ1) is 26.4. The number of aliphatic hydroxyl groups excluding tert-OH is 2. The van der Waals surface area contributed by atoms with Gasteiger partial charge in [-0.1, -0.05) is 19.3 Å². The summed E-state index contributed by atoms with van der Waals surface area (Å²) < 4.78 is 22.1. The highest BCUT2D eigenvalue weighted by atomic mass is 16.5.